The number of carbonyl (C=O) groups excluding carboxylic acids is 2. The number of amides is 3. The molecule has 3 rings (SSSR count). The maximum Gasteiger partial charge on any atom is 0.324 e. The van der Waals surface area contributed by atoms with E-state index < -0.39 is 6.03 Å². The molecule has 0 bridgehead atoms. The van der Waals surface area contributed by atoms with E-state index >= 15 is 0 Å². The normalized spacial score (nSPS) is 10.9. The minimum absolute atomic E-state index is 0.203. The quantitative estimate of drug-likeness (QED) is 0.579. The van der Waals surface area contributed by atoms with Crippen LogP contribution >= 0.6 is 0 Å². The molecule has 0 fully saturated rings. The zero-order chi connectivity index (χ0) is 21.7. The second kappa shape index (κ2) is 8.64. The van der Waals surface area contributed by atoms with E-state index in [1.54, 1.807) is 42.5 Å². The molecule has 9 heteroatoms. The van der Waals surface area contributed by atoms with E-state index in [2.05, 4.69) is 26.1 Å². The number of pyridine rings is 1. The summed E-state index contributed by atoms with van der Waals surface area (Å²) in [4.78, 5) is 28.4. The van der Waals surface area contributed by atoms with Gasteiger partial charge in [0.15, 0.2) is 5.82 Å². The highest BCUT2D eigenvalue weighted by Gasteiger charge is 2.20. The molecule has 0 spiro atoms. The van der Waals surface area contributed by atoms with Crippen molar-refractivity contribution >= 4 is 29.1 Å². The van der Waals surface area contributed by atoms with Crippen molar-refractivity contribution in [2.45, 2.75) is 26.2 Å². The fourth-order valence-electron chi connectivity index (χ4n) is 2.43. The molecule has 0 aliphatic rings. The summed E-state index contributed by atoms with van der Waals surface area (Å²) in [6, 6.07) is 11.1. The zero-order valence-electron chi connectivity index (χ0n) is 17.1. The van der Waals surface area contributed by atoms with Crippen molar-refractivity contribution < 1.29 is 18.8 Å². The first-order valence-corrected chi connectivity index (χ1v) is 9.21. The van der Waals surface area contributed by atoms with Gasteiger partial charge in [0.25, 0.3) is 5.91 Å². The van der Waals surface area contributed by atoms with Crippen LogP contribution in [0.3, 0.4) is 0 Å². The number of nitrogens with one attached hydrogen (secondary N) is 3. The Hall–Kier alpha value is -3.88. The van der Waals surface area contributed by atoms with Crippen LogP contribution in [0.15, 0.2) is 53.2 Å². The highest BCUT2D eigenvalue weighted by molar-refractivity contribution is 6.03. The lowest BCUT2D eigenvalue weighted by atomic mass is 9.93. The van der Waals surface area contributed by atoms with Crippen molar-refractivity contribution in [1.29, 1.82) is 0 Å². The van der Waals surface area contributed by atoms with E-state index in [1.165, 1.54) is 13.3 Å². The van der Waals surface area contributed by atoms with Crippen molar-refractivity contribution in [3.05, 3.63) is 60.1 Å². The summed E-state index contributed by atoms with van der Waals surface area (Å²) in [5, 5.41) is 11.9. The van der Waals surface area contributed by atoms with Crippen LogP contribution < -0.4 is 20.7 Å². The van der Waals surface area contributed by atoms with Gasteiger partial charge in [-0.2, -0.15) is 0 Å². The van der Waals surface area contributed by atoms with Gasteiger partial charge in [0, 0.05) is 22.9 Å². The Kier molecular flexibility index (Phi) is 6.01. The first-order chi connectivity index (χ1) is 14.2. The van der Waals surface area contributed by atoms with Crippen LogP contribution in [0.2, 0.25) is 0 Å². The summed E-state index contributed by atoms with van der Waals surface area (Å²) in [6.45, 7) is 5.97. The first-order valence-electron chi connectivity index (χ1n) is 9.21. The number of ether oxygens (including phenoxy) is 1. The third-order valence-electron chi connectivity index (χ3n) is 4.10. The van der Waals surface area contributed by atoms with Gasteiger partial charge in [-0.1, -0.05) is 25.9 Å². The van der Waals surface area contributed by atoms with Gasteiger partial charge in [-0.25, -0.2) is 9.78 Å². The molecule has 0 unspecified atom stereocenters. The van der Waals surface area contributed by atoms with Gasteiger partial charge in [-0.05, 0) is 36.4 Å². The number of urea groups is 1. The number of carbonyl (C=O) groups is 2. The number of rotatable bonds is 5. The van der Waals surface area contributed by atoms with Gasteiger partial charge in [0.2, 0.25) is 0 Å². The molecule has 2 aromatic heterocycles. The van der Waals surface area contributed by atoms with Gasteiger partial charge >= 0.3 is 6.03 Å². The van der Waals surface area contributed by atoms with Gasteiger partial charge < -0.3 is 19.9 Å². The summed E-state index contributed by atoms with van der Waals surface area (Å²) in [5.74, 6) is 1.22. The summed E-state index contributed by atoms with van der Waals surface area (Å²) in [7, 11) is 1.53. The average Bonchev–Trinajstić information content (AvgIpc) is 3.18. The lowest BCUT2D eigenvalue weighted by Crippen LogP contribution is -2.19. The Bertz CT molecular complexity index is 1020. The van der Waals surface area contributed by atoms with Crippen LogP contribution in [0.4, 0.5) is 22.0 Å². The first kappa shape index (κ1) is 20.8. The molecule has 0 atom stereocenters. The Morgan fingerprint density at radius 3 is 2.17 bits per heavy atom. The highest BCUT2D eigenvalue weighted by atomic mass is 16.5. The highest BCUT2D eigenvalue weighted by Crippen LogP contribution is 2.24. The average molecular weight is 409 g/mol. The van der Waals surface area contributed by atoms with Crippen LogP contribution in [0.5, 0.6) is 5.75 Å². The van der Waals surface area contributed by atoms with Crippen LogP contribution in [0, 0.1) is 0 Å². The van der Waals surface area contributed by atoms with E-state index in [-0.39, 0.29) is 17.0 Å². The van der Waals surface area contributed by atoms with E-state index in [9.17, 15) is 9.59 Å². The van der Waals surface area contributed by atoms with Gasteiger partial charge in [0.1, 0.15) is 17.2 Å². The molecule has 156 valence electrons. The third-order valence-corrected chi connectivity index (χ3v) is 4.10. The minimum Gasteiger partial charge on any atom is -0.495 e. The number of methoxy groups -OCH3 is 1. The second-order valence-corrected chi connectivity index (χ2v) is 7.52. The SMILES string of the molecule is COc1ccc(C(=O)Nc2ccc(NC(=O)Nc3cc(C(C)(C)C)on3)cc2)nc1. The largest absolute Gasteiger partial charge is 0.495 e. The molecular formula is C21H23N5O4. The summed E-state index contributed by atoms with van der Waals surface area (Å²) >= 11 is 0. The Balaban J connectivity index is 1.55. The number of hydrogen-bond donors (Lipinski definition) is 3. The van der Waals surface area contributed by atoms with Crippen LogP contribution in [0.25, 0.3) is 0 Å². The predicted octanol–water partition coefficient (Wildman–Crippen LogP) is 4.27. The summed E-state index contributed by atoms with van der Waals surface area (Å²) in [6.07, 6.45) is 1.47. The number of anilines is 3. The Morgan fingerprint density at radius 1 is 0.967 bits per heavy atom. The van der Waals surface area contributed by atoms with Crippen molar-refractivity contribution in [3.63, 3.8) is 0 Å². The molecule has 1 aromatic carbocycles. The van der Waals surface area contributed by atoms with Gasteiger partial charge in [0.05, 0.1) is 13.3 Å². The molecule has 2 heterocycles. The fraction of sp³-hybridized carbons (Fsp3) is 0.238. The topological polar surface area (TPSA) is 118 Å². The van der Waals surface area contributed by atoms with Crippen molar-refractivity contribution in [3.8, 4) is 5.75 Å². The molecule has 3 N–H and O–H groups in total. The van der Waals surface area contributed by atoms with E-state index in [0.717, 1.165) is 0 Å². The van der Waals surface area contributed by atoms with E-state index in [1.807, 2.05) is 20.8 Å². The van der Waals surface area contributed by atoms with Crippen molar-refractivity contribution in [2.24, 2.45) is 0 Å². The molecular weight excluding hydrogens is 386 g/mol. The lowest BCUT2D eigenvalue weighted by Gasteiger charge is -2.12. The van der Waals surface area contributed by atoms with Crippen LogP contribution in [-0.2, 0) is 5.41 Å². The molecule has 0 aliphatic carbocycles. The summed E-state index contributed by atoms with van der Waals surface area (Å²) in [5.41, 5.74) is 1.17. The Morgan fingerprint density at radius 2 is 1.63 bits per heavy atom. The van der Waals surface area contributed by atoms with Gasteiger partial charge in [-0.15, -0.1) is 0 Å². The monoisotopic (exact) mass is 409 g/mol. The van der Waals surface area contributed by atoms with Crippen molar-refractivity contribution in [1.82, 2.24) is 10.1 Å². The number of benzene rings is 1. The third kappa shape index (κ3) is 5.34. The van der Waals surface area contributed by atoms with E-state index in [0.29, 0.717) is 28.7 Å². The molecule has 0 aliphatic heterocycles. The Labute approximate surface area is 173 Å². The fourth-order valence-corrected chi connectivity index (χ4v) is 2.43. The molecule has 30 heavy (non-hydrogen) atoms. The maximum atomic E-state index is 12.2. The molecule has 3 amide bonds. The zero-order valence-corrected chi connectivity index (χ0v) is 17.1. The number of hydrogen-bond acceptors (Lipinski definition) is 6. The van der Waals surface area contributed by atoms with Gasteiger partial charge in [-0.3, -0.25) is 10.1 Å². The lowest BCUT2D eigenvalue weighted by molar-refractivity contribution is 0.102. The molecule has 0 radical (unpaired) electrons. The standard InChI is InChI=1S/C21H23N5O4/c1-21(2,3)17-11-18(26-30-17)25-20(28)24-14-7-5-13(6-8-14)23-19(27)16-10-9-15(29-4)12-22-16/h5-12H,1-4H3,(H,23,27)(H2,24,25,26,28). The second-order valence-electron chi connectivity index (χ2n) is 7.52. The number of nitrogens with zero attached hydrogens (tertiary/aromatic N) is 2. The molecule has 3 aromatic rings. The van der Waals surface area contributed by atoms with Crippen LogP contribution in [-0.4, -0.2) is 29.2 Å². The van der Waals surface area contributed by atoms with Crippen molar-refractivity contribution in [2.75, 3.05) is 23.1 Å². The molecule has 0 saturated heterocycles. The minimum atomic E-state index is -0.456. The molecule has 9 nitrogen and oxygen atoms in total. The van der Waals surface area contributed by atoms with E-state index in [4.69, 9.17) is 9.26 Å². The number of aromatic nitrogens is 2. The predicted molar refractivity (Wildman–Crippen MR) is 113 cm³/mol. The van der Waals surface area contributed by atoms with Crippen LogP contribution in [0.1, 0.15) is 37.0 Å². The maximum absolute atomic E-state index is 12.2. The smallest absolute Gasteiger partial charge is 0.324 e. The summed E-state index contributed by atoms with van der Waals surface area (Å²) < 4.78 is 10.3. The molecule has 0 saturated carbocycles.